The molecule has 1 atom stereocenters. The van der Waals surface area contributed by atoms with Crippen LogP contribution in [0.5, 0.6) is 5.75 Å². The summed E-state index contributed by atoms with van der Waals surface area (Å²) in [7, 11) is -0.623. The summed E-state index contributed by atoms with van der Waals surface area (Å²) in [5, 5.41) is 0. The van der Waals surface area contributed by atoms with E-state index in [0.717, 1.165) is 29.3 Å². The molecule has 1 aliphatic rings. The lowest BCUT2D eigenvalue weighted by molar-refractivity contribution is 0.0785. The predicted octanol–water partition coefficient (Wildman–Crippen LogP) is 4.29. The number of amides is 1. The second-order valence-corrected chi connectivity index (χ2v) is 10.4. The minimum Gasteiger partial charge on any atom is -0.495 e. The summed E-state index contributed by atoms with van der Waals surface area (Å²) in [4.78, 5) is 14.6. The summed E-state index contributed by atoms with van der Waals surface area (Å²) in [5.41, 5.74) is 1.30. The van der Waals surface area contributed by atoms with E-state index in [0.29, 0.717) is 18.7 Å². The van der Waals surface area contributed by atoms with Gasteiger partial charge in [0.05, 0.1) is 7.11 Å². The molecule has 8 heteroatoms. The van der Waals surface area contributed by atoms with Crippen molar-refractivity contribution in [3.05, 3.63) is 58.1 Å². The van der Waals surface area contributed by atoms with Gasteiger partial charge in [-0.3, -0.25) is 4.79 Å². The molecule has 0 spiro atoms. The molecule has 0 N–H and O–H groups in total. The van der Waals surface area contributed by atoms with Crippen LogP contribution in [0.3, 0.4) is 0 Å². The number of nitrogens with zero attached hydrogens (tertiary/aromatic N) is 2. The molecular formula is C22H27BrN2O4S. The van der Waals surface area contributed by atoms with Crippen LogP contribution in [-0.2, 0) is 16.6 Å². The molecule has 1 amide bonds. The topological polar surface area (TPSA) is 66.9 Å². The summed E-state index contributed by atoms with van der Waals surface area (Å²) in [5.74, 6) is 0.00333. The van der Waals surface area contributed by atoms with Crippen molar-refractivity contribution in [2.75, 3.05) is 20.7 Å². The first-order chi connectivity index (χ1) is 14.2. The highest BCUT2D eigenvalue weighted by Crippen LogP contribution is 2.32. The third kappa shape index (κ3) is 4.87. The summed E-state index contributed by atoms with van der Waals surface area (Å²) in [6.45, 7) is 2.82. The number of carbonyl (C=O) groups excluding carboxylic acids is 1. The van der Waals surface area contributed by atoms with E-state index in [1.165, 1.54) is 17.5 Å². The molecule has 1 fully saturated rings. The number of sulfonamides is 1. The number of halogens is 1. The van der Waals surface area contributed by atoms with Crippen molar-refractivity contribution in [2.24, 2.45) is 0 Å². The van der Waals surface area contributed by atoms with Gasteiger partial charge in [-0.2, -0.15) is 4.31 Å². The van der Waals surface area contributed by atoms with E-state index >= 15 is 0 Å². The number of ether oxygens (including phenoxy) is 1. The number of benzene rings is 2. The van der Waals surface area contributed by atoms with E-state index in [4.69, 9.17) is 4.74 Å². The first-order valence-electron chi connectivity index (χ1n) is 9.94. The van der Waals surface area contributed by atoms with Gasteiger partial charge in [-0.1, -0.05) is 34.5 Å². The predicted molar refractivity (Wildman–Crippen MR) is 120 cm³/mol. The van der Waals surface area contributed by atoms with Crippen molar-refractivity contribution in [1.29, 1.82) is 0 Å². The average Bonchev–Trinajstić information content (AvgIpc) is 2.74. The molecule has 1 saturated heterocycles. The van der Waals surface area contributed by atoms with Gasteiger partial charge in [0, 0.05) is 36.2 Å². The van der Waals surface area contributed by atoms with Gasteiger partial charge in [0.2, 0.25) is 10.0 Å². The quantitative estimate of drug-likeness (QED) is 0.600. The van der Waals surface area contributed by atoms with Crippen LogP contribution in [0.1, 0.15) is 42.1 Å². The number of methoxy groups -OCH3 is 1. The van der Waals surface area contributed by atoms with Crippen molar-refractivity contribution in [3.63, 3.8) is 0 Å². The summed E-state index contributed by atoms with van der Waals surface area (Å²) in [6, 6.07) is 12.3. The zero-order valence-electron chi connectivity index (χ0n) is 17.5. The Labute approximate surface area is 187 Å². The average molecular weight is 495 g/mol. The van der Waals surface area contributed by atoms with E-state index in [9.17, 15) is 13.2 Å². The Hall–Kier alpha value is -1.90. The lowest BCUT2D eigenvalue weighted by Crippen LogP contribution is -2.42. The maximum atomic E-state index is 13.4. The SMILES string of the molecule is COc1ccc(C(=O)N(C)Cc2ccc(Br)cc2)cc1S(=O)(=O)N1CCCCC1C. The van der Waals surface area contributed by atoms with Gasteiger partial charge >= 0.3 is 0 Å². The lowest BCUT2D eigenvalue weighted by Gasteiger charge is -2.32. The van der Waals surface area contributed by atoms with Gasteiger partial charge in [-0.15, -0.1) is 0 Å². The minimum absolute atomic E-state index is 0.0432. The summed E-state index contributed by atoms with van der Waals surface area (Å²) >= 11 is 3.40. The molecule has 2 aromatic rings. The van der Waals surface area contributed by atoms with Gasteiger partial charge in [-0.25, -0.2) is 8.42 Å². The van der Waals surface area contributed by atoms with Gasteiger partial charge < -0.3 is 9.64 Å². The van der Waals surface area contributed by atoms with Crippen LogP contribution < -0.4 is 4.74 Å². The van der Waals surface area contributed by atoms with Crippen LogP contribution >= 0.6 is 15.9 Å². The number of rotatable bonds is 6. The number of hydrogen-bond acceptors (Lipinski definition) is 4. The molecule has 2 aromatic carbocycles. The number of hydrogen-bond donors (Lipinski definition) is 0. The van der Waals surface area contributed by atoms with Crippen molar-refractivity contribution >= 4 is 31.9 Å². The summed E-state index contributed by atoms with van der Waals surface area (Å²) < 4.78 is 34.5. The molecular weight excluding hydrogens is 468 g/mol. The van der Waals surface area contributed by atoms with Crippen LogP contribution in [0.15, 0.2) is 51.8 Å². The molecule has 0 radical (unpaired) electrons. The first kappa shape index (κ1) is 22.8. The summed E-state index contributed by atoms with van der Waals surface area (Å²) in [6.07, 6.45) is 2.68. The molecule has 162 valence electrons. The van der Waals surface area contributed by atoms with E-state index in [1.54, 1.807) is 24.1 Å². The highest BCUT2D eigenvalue weighted by Gasteiger charge is 2.33. The van der Waals surface area contributed by atoms with Crippen molar-refractivity contribution < 1.29 is 17.9 Å². The van der Waals surface area contributed by atoms with Gasteiger partial charge in [0.15, 0.2) is 0 Å². The normalized spacial score (nSPS) is 17.5. The van der Waals surface area contributed by atoms with Crippen LogP contribution in [0.25, 0.3) is 0 Å². The number of carbonyl (C=O) groups is 1. The highest BCUT2D eigenvalue weighted by atomic mass is 79.9. The maximum Gasteiger partial charge on any atom is 0.253 e. The number of piperidine rings is 1. The molecule has 30 heavy (non-hydrogen) atoms. The van der Waals surface area contributed by atoms with Gasteiger partial charge in [0.1, 0.15) is 10.6 Å². The van der Waals surface area contributed by atoms with Crippen LogP contribution in [0.4, 0.5) is 0 Å². The molecule has 6 nitrogen and oxygen atoms in total. The fraction of sp³-hybridized carbons (Fsp3) is 0.409. The Kier molecular flexibility index (Phi) is 7.21. The van der Waals surface area contributed by atoms with Crippen LogP contribution in [0.2, 0.25) is 0 Å². The monoisotopic (exact) mass is 494 g/mol. The second-order valence-electron chi connectivity index (χ2n) is 7.61. The van der Waals surface area contributed by atoms with E-state index in [1.807, 2.05) is 31.2 Å². The Morgan fingerprint density at radius 1 is 1.20 bits per heavy atom. The standard InChI is InChI=1S/C22H27BrN2O4S/c1-16-6-4-5-13-25(16)30(27,28)21-14-18(9-12-20(21)29-3)22(26)24(2)15-17-7-10-19(23)11-8-17/h7-12,14,16H,4-6,13,15H2,1-3H3. The molecule has 0 bridgehead atoms. The molecule has 3 rings (SSSR count). The van der Waals surface area contributed by atoms with Crippen LogP contribution in [0, 0.1) is 0 Å². The Balaban J connectivity index is 1.89. The fourth-order valence-corrected chi connectivity index (χ4v) is 5.87. The molecule has 0 aliphatic carbocycles. The Morgan fingerprint density at radius 3 is 2.53 bits per heavy atom. The maximum absolute atomic E-state index is 13.4. The zero-order chi connectivity index (χ0) is 21.9. The Bertz CT molecular complexity index is 1010. The van der Waals surface area contributed by atoms with Gasteiger partial charge in [-0.05, 0) is 55.7 Å². The lowest BCUT2D eigenvalue weighted by atomic mass is 10.1. The Morgan fingerprint density at radius 2 is 1.90 bits per heavy atom. The minimum atomic E-state index is -3.77. The molecule has 0 aromatic heterocycles. The smallest absolute Gasteiger partial charge is 0.253 e. The largest absolute Gasteiger partial charge is 0.495 e. The molecule has 0 saturated carbocycles. The second kappa shape index (κ2) is 9.49. The van der Waals surface area contributed by atoms with E-state index in [-0.39, 0.29) is 22.6 Å². The van der Waals surface area contributed by atoms with Crippen molar-refractivity contribution in [1.82, 2.24) is 9.21 Å². The van der Waals surface area contributed by atoms with Crippen LogP contribution in [-0.4, -0.2) is 50.3 Å². The third-order valence-corrected chi connectivity index (χ3v) is 7.98. The van der Waals surface area contributed by atoms with Crippen molar-refractivity contribution in [3.8, 4) is 5.75 Å². The van der Waals surface area contributed by atoms with Crippen molar-refractivity contribution in [2.45, 2.75) is 43.7 Å². The molecule has 1 unspecified atom stereocenters. The van der Waals surface area contributed by atoms with Gasteiger partial charge in [0.25, 0.3) is 5.91 Å². The zero-order valence-corrected chi connectivity index (χ0v) is 19.9. The first-order valence-corrected chi connectivity index (χ1v) is 12.2. The molecule has 1 heterocycles. The third-order valence-electron chi connectivity index (χ3n) is 5.42. The molecule has 1 aliphatic heterocycles. The fourth-order valence-electron chi connectivity index (χ4n) is 3.72. The highest BCUT2D eigenvalue weighted by molar-refractivity contribution is 9.10. The van der Waals surface area contributed by atoms with E-state index < -0.39 is 10.0 Å². The van der Waals surface area contributed by atoms with E-state index in [2.05, 4.69) is 15.9 Å².